The summed E-state index contributed by atoms with van der Waals surface area (Å²) >= 11 is 0. The number of alkyl halides is 2. The van der Waals surface area contributed by atoms with Gasteiger partial charge in [0.1, 0.15) is 11.9 Å². The minimum absolute atomic E-state index is 0.0647. The molecule has 2 N–H and O–H groups in total. The van der Waals surface area contributed by atoms with Crippen LogP contribution in [0.15, 0.2) is 30.3 Å². The zero-order valence-corrected chi connectivity index (χ0v) is 24.4. The first-order chi connectivity index (χ1) is 19.6. The highest BCUT2D eigenvalue weighted by Crippen LogP contribution is 2.41. The number of hydrogen-bond acceptors (Lipinski definition) is 6. The maximum absolute atomic E-state index is 15.4. The Morgan fingerprint density at radius 2 is 2.07 bits per heavy atom. The maximum atomic E-state index is 15.4. The number of aromatic nitrogens is 1. The van der Waals surface area contributed by atoms with Crippen molar-refractivity contribution in [2.75, 3.05) is 32.1 Å². The first kappa shape index (κ1) is 29.9. The van der Waals surface area contributed by atoms with E-state index in [0.29, 0.717) is 44.4 Å². The molecule has 5 rings (SSSR count). The molecule has 41 heavy (non-hydrogen) atoms. The fourth-order valence-corrected chi connectivity index (χ4v) is 6.54. The number of aliphatic carboxylic acids is 1. The molecule has 9 heteroatoms. The lowest BCUT2D eigenvalue weighted by atomic mass is 9.85. The topological polar surface area (TPSA) is 83.9 Å². The van der Waals surface area contributed by atoms with Crippen LogP contribution in [0.4, 0.5) is 14.6 Å². The number of anilines is 1. The molecular formula is C32H43F2N3O4. The van der Waals surface area contributed by atoms with Gasteiger partial charge in [0.25, 0.3) is 5.92 Å². The maximum Gasteiger partial charge on any atom is 0.325 e. The number of halogens is 2. The molecule has 0 saturated carbocycles. The van der Waals surface area contributed by atoms with E-state index in [1.807, 2.05) is 38.1 Å². The summed E-state index contributed by atoms with van der Waals surface area (Å²) in [5.74, 6) is -3.79. The Kier molecular flexibility index (Phi) is 8.97. The molecule has 3 atom stereocenters. The minimum atomic E-state index is -2.85. The van der Waals surface area contributed by atoms with Gasteiger partial charge in [-0.05, 0) is 87.2 Å². The summed E-state index contributed by atoms with van der Waals surface area (Å²) in [4.78, 5) is 19.0. The van der Waals surface area contributed by atoms with Gasteiger partial charge in [-0.2, -0.15) is 0 Å². The summed E-state index contributed by atoms with van der Waals surface area (Å²) in [6.07, 6.45) is 4.21. The van der Waals surface area contributed by atoms with Crippen LogP contribution in [0, 0.1) is 5.92 Å². The van der Waals surface area contributed by atoms with Gasteiger partial charge in [0, 0.05) is 44.7 Å². The van der Waals surface area contributed by atoms with Crippen molar-refractivity contribution < 1.29 is 28.2 Å². The van der Waals surface area contributed by atoms with Crippen molar-refractivity contribution >= 4 is 11.8 Å². The van der Waals surface area contributed by atoms with E-state index in [1.165, 1.54) is 5.56 Å². The molecule has 2 aromatic rings. The molecule has 1 fully saturated rings. The number of hydrogen-bond donors (Lipinski definition) is 2. The van der Waals surface area contributed by atoms with Crippen molar-refractivity contribution in [1.29, 1.82) is 0 Å². The van der Waals surface area contributed by atoms with Crippen LogP contribution in [0.25, 0.3) is 0 Å². The third-order valence-corrected chi connectivity index (χ3v) is 9.30. The Morgan fingerprint density at radius 1 is 1.24 bits per heavy atom. The van der Waals surface area contributed by atoms with Crippen LogP contribution in [0.1, 0.15) is 79.9 Å². The lowest BCUT2D eigenvalue weighted by Crippen LogP contribution is -2.44. The van der Waals surface area contributed by atoms with Crippen molar-refractivity contribution in [3.05, 3.63) is 58.3 Å². The van der Waals surface area contributed by atoms with Gasteiger partial charge in [-0.25, -0.2) is 13.8 Å². The van der Waals surface area contributed by atoms with E-state index in [1.54, 1.807) is 12.0 Å². The van der Waals surface area contributed by atoms with Crippen LogP contribution >= 0.6 is 0 Å². The number of ether oxygens (including phenoxy) is 2. The number of aryl methyl sites for hydroxylation is 2. The molecule has 3 aliphatic rings. The van der Waals surface area contributed by atoms with E-state index in [9.17, 15) is 9.90 Å². The second-order valence-corrected chi connectivity index (χ2v) is 12.3. The highest BCUT2D eigenvalue weighted by molar-refractivity contribution is 5.76. The van der Waals surface area contributed by atoms with Gasteiger partial charge in [-0.1, -0.05) is 24.3 Å². The average molecular weight is 572 g/mol. The number of unbranched alkanes of at least 4 members (excludes halogenated alkanes) is 1. The first-order valence-electron chi connectivity index (χ1n) is 14.9. The van der Waals surface area contributed by atoms with Gasteiger partial charge in [-0.15, -0.1) is 0 Å². The molecule has 0 radical (unpaired) electrons. The second kappa shape index (κ2) is 12.3. The summed E-state index contributed by atoms with van der Waals surface area (Å²) < 4.78 is 42.5. The van der Waals surface area contributed by atoms with Gasteiger partial charge >= 0.3 is 5.97 Å². The van der Waals surface area contributed by atoms with E-state index >= 15 is 8.78 Å². The Hall–Kier alpha value is -2.62. The number of methoxy groups -OCH3 is 1. The second-order valence-electron chi connectivity index (χ2n) is 12.3. The fourth-order valence-electron chi connectivity index (χ4n) is 6.54. The van der Waals surface area contributed by atoms with Crippen LogP contribution in [0.5, 0.6) is 0 Å². The standard InChI is InChI=1S/C32H43F2N3O4/c1-31(2,40-3)27-18-26-22(20-41-27)8-6-11-25(26)28(30(38)39)37-17-14-23(19-37)32(33,34)15-5-4-10-24-13-12-21-9-7-16-35-29(21)36-24/h6,8,11-13,23,27-28H,4-5,7,9-10,14-20H2,1-3H3,(H,35,36)(H,38,39)/t23-,27-,28?/m1/s1. The SMILES string of the molecule is COC(C)(C)[C@H]1Cc2c(cccc2C(C(=O)O)N2CC[C@@H](C(F)(F)CCCCc3ccc4c(n3)NCCC4)C2)CO1. The number of benzene rings is 1. The lowest BCUT2D eigenvalue weighted by molar-refractivity contribution is -0.143. The number of nitrogens with zero attached hydrogens (tertiary/aromatic N) is 2. The molecule has 224 valence electrons. The summed E-state index contributed by atoms with van der Waals surface area (Å²) in [6, 6.07) is 8.75. The number of pyridine rings is 1. The number of nitrogens with one attached hydrogen (secondary N) is 1. The molecule has 0 spiro atoms. The normalized spacial score (nSPS) is 22.1. The predicted octanol–water partition coefficient (Wildman–Crippen LogP) is 5.80. The van der Waals surface area contributed by atoms with Crippen molar-refractivity contribution in [3.8, 4) is 0 Å². The van der Waals surface area contributed by atoms with Crippen molar-refractivity contribution in [1.82, 2.24) is 9.88 Å². The minimum Gasteiger partial charge on any atom is -0.480 e. The molecule has 1 saturated heterocycles. The Morgan fingerprint density at radius 3 is 2.85 bits per heavy atom. The quantitative estimate of drug-likeness (QED) is 0.330. The predicted molar refractivity (Wildman–Crippen MR) is 153 cm³/mol. The Balaban J connectivity index is 1.21. The zero-order valence-electron chi connectivity index (χ0n) is 24.4. The number of carboxylic acid groups (broad SMARTS) is 1. The number of fused-ring (bicyclic) bond motifs is 2. The monoisotopic (exact) mass is 571 g/mol. The highest BCUT2D eigenvalue weighted by atomic mass is 19.3. The van der Waals surface area contributed by atoms with E-state index < -0.39 is 29.5 Å². The summed E-state index contributed by atoms with van der Waals surface area (Å²) in [5, 5.41) is 13.6. The first-order valence-corrected chi connectivity index (χ1v) is 14.9. The van der Waals surface area contributed by atoms with Crippen LogP contribution in [0.3, 0.4) is 0 Å². The molecular weight excluding hydrogens is 528 g/mol. The van der Waals surface area contributed by atoms with E-state index in [2.05, 4.69) is 16.4 Å². The number of carbonyl (C=O) groups is 1. The molecule has 1 aromatic heterocycles. The fraction of sp³-hybridized carbons (Fsp3) is 0.625. The number of rotatable bonds is 11. The molecule has 7 nitrogen and oxygen atoms in total. The van der Waals surface area contributed by atoms with E-state index in [-0.39, 0.29) is 25.5 Å². The van der Waals surface area contributed by atoms with Gasteiger partial charge in [0.15, 0.2) is 0 Å². The highest BCUT2D eigenvalue weighted by Gasteiger charge is 2.46. The van der Waals surface area contributed by atoms with E-state index in [4.69, 9.17) is 9.47 Å². The summed E-state index contributed by atoms with van der Waals surface area (Å²) in [6.45, 7) is 5.59. The van der Waals surface area contributed by atoms with Gasteiger partial charge in [0.05, 0.1) is 18.3 Å². The third kappa shape index (κ3) is 6.57. The summed E-state index contributed by atoms with van der Waals surface area (Å²) in [5.41, 5.74) is 4.17. The van der Waals surface area contributed by atoms with Crippen LogP contribution in [-0.4, -0.2) is 65.3 Å². The van der Waals surface area contributed by atoms with Gasteiger partial charge in [0.2, 0.25) is 0 Å². The zero-order chi connectivity index (χ0) is 29.2. The molecule has 1 aromatic carbocycles. The average Bonchev–Trinajstić information content (AvgIpc) is 3.46. The van der Waals surface area contributed by atoms with Crippen LogP contribution in [-0.2, 0) is 40.1 Å². The smallest absolute Gasteiger partial charge is 0.325 e. The molecule has 1 unspecified atom stereocenters. The molecule has 0 amide bonds. The Bertz CT molecular complexity index is 1240. The molecule has 0 bridgehead atoms. The van der Waals surface area contributed by atoms with Crippen molar-refractivity contribution in [2.24, 2.45) is 5.92 Å². The van der Waals surface area contributed by atoms with Crippen LogP contribution in [0.2, 0.25) is 0 Å². The van der Waals surface area contributed by atoms with Crippen molar-refractivity contribution in [3.63, 3.8) is 0 Å². The number of carboxylic acids is 1. The molecule has 0 aliphatic carbocycles. The third-order valence-electron chi connectivity index (χ3n) is 9.30. The van der Waals surface area contributed by atoms with Gasteiger partial charge < -0.3 is 19.9 Å². The van der Waals surface area contributed by atoms with Crippen LogP contribution < -0.4 is 5.32 Å². The van der Waals surface area contributed by atoms with Gasteiger partial charge in [-0.3, -0.25) is 9.69 Å². The number of likely N-dealkylation sites (tertiary alicyclic amines) is 1. The molecule has 4 heterocycles. The van der Waals surface area contributed by atoms with Crippen molar-refractivity contribution in [2.45, 2.75) is 95.5 Å². The molecule has 3 aliphatic heterocycles. The largest absolute Gasteiger partial charge is 0.480 e. The Labute approximate surface area is 241 Å². The van der Waals surface area contributed by atoms with E-state index in [0.717, 1.165) is 42.0 Å². The lowest BCUT2D eigenvalue weighted by Gasteiger charge is -2.38. The summed E-state index contributed by atoms with van der Waals surface area (Å²) in [7, 11) is 1.64.